The van der Waals surface area contributed by atoms with Gasteiger partial charge in [0.15, 0.2) is 5.96 Å². The van der Waals surface area contributed by atoms with Crippen molar-refractivity contribution in [3.05, 3.63) is 47.8 Å². The van der Waals surface area contributed by atoms with Crippen molar-refractivity contribution in [2.24, 2.45) is 12.0 Å². The lowest BCUT2D eigenvalue weighted by atomic mass is 10.0. The van der Waals surface area contributed by atoms with Crippen LogP contribution >= 0.6 is 0 Å². The second-order valence-corrected chi connectivity index (χ2v) is 7.89. The van der Waals surface area contributed by atoms with Crippen LogP contribution in [-0.4, -0.2) is 61.0 Å². The number of aliphatic imine (C=N–C) groups is 1. The average molecular weight is 413 g/mol. The number of ether oxygens (including phenoxy) is 1. The summed E-state index contributed by atoms with van der Waals surface area (Å²) in [4.78, 5) is 7.01. The summed E-state index contributed by atoms with van der Waals surface area (Å²) in [7, 11) is 5.50. The number of nitrogens with zero attached hydrogens (tertiary/aromatic N) is 4. The molecule has 1 aromatic heterocycles. The van der Waals surface area contributed by atoms with Gasteiger partial charge in [0.05, 0.1) is 19.3 Å². The van der Waals surface area contributed by atoms with Gasteiger partial charge in [-0.1, -0.05) is 18.6 Å². The Morgan fingerprint density at radius 2 is 1.93 bits per heavy atom. The molecule has 7 nitrogen and oxygen atoms in total. The van der Waals surface area contributed by atoms with E-state index in [0.717, 1.165) is 50.7 Å². The number of piperidine rings is 1. The maximum absolute atomic E-state index is 5.33. The van der Waals surface area contributed by atoms with Gasteiger partial charge >= 0.3 is 0 Å². The largest absolute Gasteiger partial charge is 0.497 e. The van der Waals surface area contributed by atoms with E-state index in [4.69, 9.17) is 4.74 Å². The van der Waals surface area contributed by atoms with E-state index in [2.05, 4.69) is 56.1 Å². The van der Waals surface area contributed by atoms with Gasteiger partial charge in [0.25, 0.3) is 0 Å². The molecule has 3 rings (SSSR count). The summed E-state index contributed by atoms with van der Waals surface area (Å²) in [6, 6.07) is 8.80. The van der Waals surface area contributed by atoms with Gasteiger partial charge in [-0.05, 0) is 62.0 Å². The van der Waals surface area contributed by atoms with Crippen molar-refractivity contribution in [1.29, 1.82) is 0 Å². The molecule has 1 aromatic carbocycles. The lowest BCUT2D eigenvalue weighted by Crippen LogP contribution is -2.44. The number of nitrogens with one attached hydrogen (secondary N) is 2. The SMILES string of the molecule is CN=C(NCCCc1cnn(C)c1)NCC(c1ccc(OC)cc1)N1CCCCC1. The van der Waals surface area contributed by atoms with Crippen molar-refractivity contribution in [2.75, 3.05) is 40.3 Å². The van der Waals surface area contributed by atoms with Crippen LogP contribution in [0.15, 0.2) is 41.7 Å². The molecule has 164 valence electrons. The summed E-state index contributed by atoms with van der Waals surface area (Å²) in [5.74, 6) is 1.76. The molecule has 1 aliphatic rings. The molecule has 2 aromatic rings. The van der Waals surface area contributed by atoms with Crippen molar-refractivity contribution in [1.82, 2.24) is 25.3 Å². The first-order valence-corrected chi connectivity index (χ1v) is 11.0. The Morgan fingerprint density at radius 1 is 1.17 bits per heavy atom. The molecule has 2 heterocycles. The van der Waals surface area contributed by atoms with E-state index in [1.165, 1.54) is 30.4 Å². The third kappa shape index (κ3) is 6.49. The summed E-state index contributed by atoms with van der Waals surface area (Å²) in [5.41, 5.74) is 2.59. The number of hydrogen-bond acceptors (Lipinski definition) is 4. The van der Waals surface area contributed by atoms with Gasteiger partial charge in [-0.3, -0.25) is 14.6 Å². The Labute approximate surface area is 180 Å². The van der Waals surface area contributed by atoms with Gasteiger partial charge in [-0.25, -0.2) is 0 Å². The summed E-state index contributed by atoms with van der Waals surface area (Å²) >= 11 is 0. The van der Waals surface area contributed by atoms with E-state index >= 15 is 0 Å². The van der Waals surface area contributed by atoms with E-state index in [1.807, 2.05) is 25.0 Å². The van der Waals surface area contributed by atoms with E-state index in [9.17, 15) is 0 Å². The smallest absolute Gasteiger partial charge is 0.191 e. The molecular formula is C23H36N6O. The molecule has 0 saturated carbocycles. The Balaban J connectivity index is 1.53. The predicted octanol–water partition coefficient (Wildman–Crippen LogP) is 2.75. The van der Waals surface area contributed by atoms with E-state index < -0.39 is 0 Å². The monoisotopic (exact) mass is 412 g/mol. The molecule has 1 atom stereocenters. The Kier molecular flexibility index (Phi) is 8.56. The molecule has 1 fully saturated rings. The molecule has 30 heavy (non-hydrogen) atoms. The minimum absolute atomic E-state index is 0.324. The lowest BCUT2D eigenvalue weighted by molar-refractivity contribution is 0.164. The molecule has 0 spiro atoms. The zero-order valence-electron chi connectivity index (χ0n) is 18.6. The summed E-state index contributed by atoms with van der Waals surface area (Å²) in [6.07, 6.45) is 9.94. The molecule has 0 bridgehead atoms. The number of likely N-dealkylation sites (tertiary alicyclic amines) is 1. The van der Waals surface area contributed by atoms with Crippen LogP contribution in [0.1, 0.15) is 42.9 Å². The van der Waals surface area contributed by atoms with Gasteiger partial charge in [-0.15, -0.1) is 0 Å². The van der Waals surface area contributed by atoms with Crippen molar-refractivity contribution in [3.63, 3.8) is 0 Å². The Morgan fingerprint density at radius 3 is 2.57 bits per heavy atom. The number of aryl methyl sites for hydroxylation is 2. The average Bonchev–Trinajstić information content (AvgIpc) is 3.21. The molecule has 1 unspecified atom stereocenters. The number of benzene rings is 1. The first-order chi connectivity index (χ1) is 14.7. The van der Waals surface area contributed by atoms with Crippen LogP contribution in [0.2, 0.25) is 0 Å². The first-order valence-electron chi connectivity index (χ1n) is 11.0. The Hall–Kier alpha value is -2.54. The quantitative estimate of drug-likeness (QED) is 0.377. The molecule has 1 saturated heterocycles. The fourth-order valence-electron chi connectivity index (χ4n) is 4.03. The molecule has 0 amide bonds. The minimum atomic E-state index is 0.324. The van der Waals surface area contributed by atoms with Crippen LogP contribution in [0, 0.1) is 0 Å². The topological polar surface area (TPSA) is 66.7 Å². The fraction of sp³-hybridized carbons (Fsp3) is 0.565. The molecule has 2 N–H and O–H groups in total. The van der Waals surface area contributed by atoms with Crippen LogP contribution < -0.4 is 15.4 Å². The first kappa shape index (κ1) is 22.2. The number of rotatable bonds is 9. The number of guanidine groups is 1. The van der Waals surface area contributed by atoms with Crippen LogP contribution in [0.25, 0.3) is 0 Å². The third-order valence-corrected chi connectivity index (χ3v) is 5.71. The second-order valence-electron chi connectivity index (χ2n) is 7.89. The molecular weight excluding hydrogens is 376 g/mol. The van der Waals surface area contributed by atoms with E-state index in [-0.39, 0.29) is 0 Å². The van der Waals surface area contributed by atoms with Crippen molar-refractivity contribution in [2.45, 2.75) is 38.1 Å². The molecule has 7 heteroatoms. The highest BCUT2D eigenvalue weighted by Gasteiger charge is 2.22. The van der Waals surface area contributed by atoms with Gasteiger partial charge in [0.2, 0.25) is 0 Å². The standard InChI is InChI=1S/C23H36N6O/c1-24-23(25-13-7-8-19-16-27-28(2)18-19)26-17-22(29-14-5-4-6-15-29)20-9-11-21(30-3)12-10-20/h9-12,16,18,22H,4-8,13-15,17H2,1-3H3,(H2,24,25,26). The fourth-order valence-corrected chi connectivity index (χ4v) is 4.03. The minimum Gasteiger partial charge on any atom is -0.497 e. The van der Waals surface area contributed by atoms with Crippen molar-refractivity contribution < 1.29 is 4.74 Å². The zero-order chi connectivity index (χ0) is 21.2. The predicted molar refractivity (Wildman–Crippen MR) is 122 cm³/mol. The molecule has 0 radical (unpaired) electrons. The summed E-state index contributed by atoms with van der Waals surface area (Å²) in [5, 5.41) is 11.2. The van der Waals surface area contributed by atoms with Gasteiger partial charge in [-0.2, -0.15) is 5.10 Å². The Bertz CT molecular complexity index is 779. The molecule has 1 aliphatic heterocycles. The van der Waals surface area contributed by atoms with E-state index in [0.29, 0.717) is 6.04 Å². The highest BCUT2D eigenvalue weighted by atomic mass is 16.5. The number of hydrogen-bond donors (Lipinski definition) is 2. The maximum Gasteiger partial charge on any atom is 0.191 e. The second kappa shape index (κ2) is 11.6. The van der Waals surface area contributed by atoms with Crippen LogP contribution in [0.4, 0.5) is 0 Å². The highest BCUT2D eigenvalue weighted by molar-refractivity contribution is 5.79. The van der Waals surface area contributed by atoms with E-state index in [1.54, 1.807) is 7.11 Å². The zero-order valence-corrected chi connectivity index (χ0v) is 18.6. The van der Waals surface area contributed by atoms with Crippen molar-refractivity contribution >= 4 is 5.96 Å². The maximum atomic E-state index is 5.33. The molecule has 0 aliphatic carbocycles. The summed E-state index contributed by atoms with van der Waals surface area (Å²) in [6.45, 7) is 4.01. The highest BCUT2D eigenvalue weighted by Crippen LogP contribution is 2.25. The van der Waals surface area contributed by atoms with Crippen LogP contribution in [0.5, 0.6) is 5.75 Å². The normalized spacial score (nSPS) is 16.3. The van der Waals surface area contributed by atoms with Gasteiger partial charge in [0, 0.05) is 33.4 Å². The summed E-state index contributed by atoms with van der Waals surface area (Å²) < 4.78 is 7.18. The van der Waals surface area contributed by atoms with Crippen LogP contribution in [0.3, 0.4) is 0 Å². The number of aromatic nitrogens is 2. The number of methoxy groups -OCH3 is 1. The van der Waals surface area contributed by atoms with Crippen molar-refractivity contribution in [3.8, 4) is 5.75 Å². The third-order valence-electron chi connectivity index (χ3n) is 5.71. The van der Waals surface area contributed by atoms with Gasteiger partial charge in [0.1, 0.15) is 5.75 Å². The van der Waals surface area contributed by atoms with Crippen LogP contribution in [-0.2, 0) is 13.5 Å². The lowest BCUT2D eigenvalue weighted by Gasteiger charge is -2.35. The van der Waals surface area contributed by atoms with Gasteiger partial charge < -0.3 is 15.4 Å².